The van der Waals surface area contributed by atoms with Crippen molar-refractivity contribution < 1.29 is 28.6 Å². The second-order valence-electron chi connectivity index (χ2n) is 23.1. The lowest BCUT2D eigenvalue weighted by molar-refractivity contribution is -0.167. The molecule has 0 aromatic carbocycles. The molecule has 0 rings (SSSR count). The van der Waals surface area contributed by atoms with Crippen LogP contribution in [0.3, 0.4) is 0 Å². The van der Waals surface area contributed by atoms with Gasteiger partial charge in [-0.2, -0.15) is 0 Å². The molecule has 0 aliphatic rings. The maximum Gasteiger partial charge on any atom is 0.306 e. The molecule has 1 atom stereocenters. The molecular formula is C76H130O6. The van der Waals surface area contributed by atoms with Crippen molar-refractivity contribution in [3.8, 4) is 0 Å². The van der Waals surface area contributed by atoms with E-state index in [-0.39, 0.29) is 31.1 Å². The van der Waals surface area contributed by atoms with Gasteiger partial charge in [0.15, 0.2) is 6.10 Å². The van der Waals surface area contributed by atoms with Crippen LogP contribution in [0, 0.1) is 0 Å². The van der Waals surface area contributed by atoms with Gasteiger partial charge in [0.25, 0.3) is 0 Å². The van der Waals surface area contributed by atoms with Gasteiger partial charge in [0.2, 0.25) is 0 Å². The van der Waals surface area contributed by atoms with Crippen LogP contribution in [-0.4, -0.2) is 37.2 Å². The van der Waals surface area contributed by atoms with E-state index in [4.69, 9.17) is 14.2 Å². The number of hydrogen-bond donors (Lipinski definition) is 0. The SMILES string of the molecule is CC/C=C\C/C=C\C/C=C\C/C=C\CCCCCCCCCCCCCCCCCCC(=O)OCC(COC(=O)CCCCCCC/C=C\C/C=C\CCCC)OC(=O)CCCCCCCC/C=C\C/C=C\C/C=C\CCCCCCC. The van der Waals surface area contributed by atoms with Crippen LogP contribution in [0.25, 0.3) is 0 Å². The highest BCUT2D eigenvalue weighted by Gasteiger charge is 2.19. The van der Waals surface area contributed by atoms with Crippen LogP contribution in [0.5, 0.6) is 0 Å². The van der Waals surface area contributed by atoms with Crippen LogP contribution in [0.1, 0.15) is 335 Å². The van der Waals surface area contributed by atoms with Crippen molar-refractivity contribution in [2.24, 2.45) is 0 Å². The lowest BCUT2D eigenvalue weighted by Crippen LogP contribution is -2.30. The van der Waals surface area contributed by atoms with Crippen molar-refractivity contribution in [3.05, 3.63) is 109 Å². The third-order valence-electron chi connectivity index (χ3n) is 15.0. The number of esters is 3. The Bertz CT molecular complexity index is 1640. The third-order valence-corrected chi connectivity index (χ3v) is 15.0. The second-order valence-corrected chi connectivity index (χ2v) is 23.1. The molecule has 470 valence electrons. The topological polar surface area (TPSA) is 78.9 Å². The summed E-state index contributed by atoms with van der Waals surface area (Å²) in [5.41, 5.74) is 0. The second kappa shape index (κ2) is 69.6. The minimum Gasteiger partial charge on any atom is -0.462 e. The Balaban J connectivity index is 4.30. The summed E-state index contributed by atoms with van der Waals surface area (Å²) in [6, 6.07) is 0. The maximum absolute atomic E-state index is 12.9. The molecule has 0 fully saturated rings. The van der Waals surface area contributed by atoms with E-state index in [1.165, 1.54) is 161 Å². The molecule has 6 nitrogen and oxygen atoms in total. The van der Waals surface area contributed by atoms with E-state index in [0.717, 1.165) is 135 Å². The summed E-state index contributed by atoms with van der Waals surface area (Å²) in [4.78, 5) is 38.4. The van der Waals surface area contributed by atoms with Gasteiger partial charge < -0.3 is 14.2 Å². The first-order valence-electron chi connectivity index (χ1n) is 34.9. The minimum absolute atomic E-state index is 0.0867. The monoisotopic (exact) mass is 1140 g/mol. The number of allylic oxidation sites excluding steroid dienone is 18. The molecule has 0 spiro atoms. The molecular weight excluding hydrogens is 1010 g/mol. The Morgan fingerprint density at radius 3 is 0.780 bits per heavy atom. The highest BCUT2D eigenvalue weighted by Crippen LogP contribution is 2.17. The number of rotatable bonds is 63. The average molecular weight is 1140 g/mol. The van der Waals surface area contributed by atoms with Gasteiger partial charge >= 0.3 is 17.9 Å². The smallest absolute Gasteiger partial charge is 0.306 e. The molecule has 0 saturated carbocycles. The van der Waals surface area contributed by atoms with E-state index < -0.39 is 6.10 Å². The number of carbonyl (C=O) groups excluding carboxylic acids is 3. The zero-order valence-electron chi connectivity index (χ0n) is 54.0. The van der Waals surface area contributed by atoms with Crippen molar-refractivity contribution in [1.29, 1.82) is 0 Å². The Labute approximate surface area is 508 Å². The van der Waals surface area contributed by atoms with Gasteiger partial charge in [-0.1, -0.05) is 304 Å². The maximum atomic E-state index is 12.9. The number of hydrogen-bond acceptors (Lipinski definition) is 6. The van der Waals surface area contributed by atoms with Gasteiger partial charge in [-0.05, 0) is 122 Å². The molecule has 0 bridgehead atoms. The third kappa shape index (κ3) is 66.9. The molecule has 0 amide bonds. The summed E-state index contributed by atoms with van der Waals surface area (Å²) in [6.07, 6.45) is 95.4. The highest BCUT2D eigenvalue weighted by molar-refractivity contribution is 5.71. The number of carbonyl (C=O) groups is 3. The van der Waals surface area contributed by atoms with Gasteiger partial charge in [0.05, 0.1) is 0 Å². The van der Waals surface area contributed by atoms with E-state index in [1.807, 2.05) is 0 Å². The van der Waals surface area contributed by atoms with Crippen molar-refractivity contribution in [2.75, 3.05) is 13.2 Å². The Kier molecular flexibility index (Phi) is 66.2. The molecule has 82 heavy (non-hydrogen) atoms. The zero-order chi connectivity index (χ0) is 59.2. The molecule has 6 heteroatoms. The Morgan fingerprint density at radius 2 is 0.488 bits per heavy atom. The molecule has 0 saturated heterocycles. The first kappa shape index (κ1) is 78.1. The summed E-state index contributed by atoms with van der Waals surface area (Å²) in [7, 11) is 0. The molecule has 0 aliphatic carbocycles. The van der Waals surface area contributed by atoms with Crippen molar-refractivity contribution in [2.45, 2.75) is 341 Å². The zero-order valence-corrected chi connectivity index (χ0v) is 54.0. The van der Waals surface area contributed by atoms with E-state index >= 15 is 0 Å². The minimum atomic E-state index is -0.793. The van der Waals surface area contributed by atoms with Gasteiger partial charge in [0.1, 0.15) is 13.2 Å². The summed E-state index contributed by atoms with van der Waals surface area (Å²) in [6.45, 7) is 6.49. The van der Waals surface area contributed by atoms with E-state index in [1.54, 1.807) is 0 Å². The van der Waals surface area contributed by atoms with Gasteiger partial charge in [-0.15, -0.1) is 0 Å². The molecule has 0 aliphatic heterocycles. The fourth-order valence-electron chi connectivity index (χ4n) is 9.75. The molecule has 0 N–H and O–H groups in total. The van der Waals surface area contributed by atoms with Crippen molar-refractivity contribution in [1.82, 2.24) is 0 Å². The Morgan fingerprint density at radius 1 is 0.256 bits per heavy atom. The van der Waals surface area contributed by atoms with Crippen molar-refractivity contribution >= 4 is 17.9 Å². The van der Waals surface area contributed by atoms with Gasteiger partial charge in [-0.3, -0.25) is 14.4 Å². The highest BCUT2D eigenvalue weighted by atomic mass is 16.6. The van der Waals surface area contributed by atoms with E-state index in [2.05, 4.69) is 130 Å². The number of unbranched alkanes of at least 4 members (excludes halogenated alkanes) is 34. The van der Waals surface area contributed by atoms with Crippen LogP contribution in [0.2, 0.25) is 0 Å². The molecule has 0 heterocycles. The van der Waals surface area contributed by atoms with Crippen molar-refractivity contribution in [3.63, 3.8) is 0 Å². The lowest BCUT2D eigenvalue weighted by atomic mass is 10.0. The molecule has 1 unspecified atom stereocenters. The van der Waals surface area contributed by atoms with E-state index in [9.17, 15) is 14.4 Å². The first-order chi connectivity index (χ1) is 40.5. The normalized spacial score (nSPS) is 12.8. The van der Waals surface area contributed by atoms with Crippen LogP contribution in [0.4, 0.5) is 0 Å². The van der Waals surface area contributed by atoms with Crippen LogP contribution >= 0.6 is 0 Å². The van der Waals surface area contributed by atoms with E-state index in [0.29, 0.717) is 19.3 Å². The first-order valence-corrected chi connectivity index (χ1v) is 34.9. The Hall–Kier alpha value is -3.93. The number of ether oxygens (including phenoxy) is 3. The van der Waals surface area contributed by atoms with Crippen LogP contribution in [-0.2, 0) is 28.6 Å². The largest absolute Gasteiger partial charge is 0.462 e. The average Bonchev–Trinajstić information content (AvgIpc) is 3.47. The quantitative estimate of drug-likeness (QED) is 0.0261. The predicted octanol–water partition coefficient (Wildman–Crippen LogP) is 24.2. The lowest BCUT2D eigenvalue weighted by Gasteiger charge is -2.18. The fraction of sp³-hybridized carbons (Fsp3) is 0.724. The van der Waals surface area contributed by atoms with Gasteiger partial charge in [0, 0.05) is 19.3 Å². The summed E-state index contributed by atoms with van der Waals surface area (Å²) in [5, 5.41) is 0. The fourth-order valence-corrected chi connectivity index (χ4v) is 9.75. The summed E-state index contributed by atoms with van der Waals surface area (Å²) < 4.78 is 17.0. The molecule has 0 aromatic rings. The standard InChI is InChI=1S/C76H130O6/c1-4-7-10-13-16-19-22-25-28-30-32-34-35-36-37-38-39-40-41-43-44-46-48-51-54-57-60-63-66-69-75(78)81-72-73(71-80-74(77)68-65-62-59-56-53-50-27-24-21-18-15-12-9-6-3)82-76(79)70-67-64-61-58-55-52-49-47-45-42-33-31-29-26-23-20-17-14-11-8-5-2/h7,10,15-16,18-19,23-28,31-34,45,47,73H,4-6,8-9,11-14,17,20-22,29-30,35-44,46,48-72H2,1-3H3/b10-7-,18-15-,19-16-,26-23-,27-24-,28-25-,33-31-,34-32-,47-45-. The summed E-state index contributed by atoms with van der Waals surface area (Å²) >= 11 is 0. The van der Waals surface area contributed by atoms with Crippen LogP contribution in [0.15, 0.2) is 109 Å². The van der Waals surface area contributed by atoms with Crippen LogP contribution < -0.4 is 0 Å². The predicted molar refractivity (Wildman–Crippen MR) is 357 cm³/mol. The summed E-state index contributed by atoms with van der Waals surface area (Å²) in [5.74, 6) is -0.901. The molecule has 0 radical (unpaired) electrons. The van der Waals surface area contributed by atoms with Gasteiger partial charge in [-0.25, -0.2) is 0 Å². The molecule has 0 aromatic heterocycles.